The topological polar surface area (TPSA) is 53.2 Å². The van der Waals surface area contributed by atoms with E-state index in [2.05, 4.69) is 35.0 Å². The molecular formula is C18H22ClN3O. The molecule has 0 aliphatic rings. The van der Waals surface area contributed by atoms with E-state index >= 15 is 0 Å². The summed E-state index contributed by atoms with van der Waals surface area (Å²) >= 11 is 6.32. The Morgan fingerprint density at radius 1 is 1.17 bits per heavy atom. The first-order valence-corrected chi connectivity index (χ1v) is 8.03. The molecule has 122 valence electrons. The van der Waals surface area contributed by atoms with Crippen LogP contribution < -0.4 is 16.0 Å². The minimum atomic E-state index is -0.0335. The second-order valence-corrected chi connectivity index (χ2v) is 5.78. The van der Waals surface area contributed by atoms with E-state index in [1.807, 2.05) is 37.4 Å². The van der Waals surface area contributed by atoms with Gasteiger partial charge in [-0.3, -0.25) is 4.79 Å². The van der Waals surface area contributed by atoms with E-state index in [9.17, 15) is 4.79 Å². The quantitative estimate of drug-likeness (QED) is 0.717. The van der Waals surface area contributed by atoms with Gasteiger partial charge in [0, 0.05) is 24.7 Å². The highest BCUT2D eigenvalue weighted by Gasteiger charge is 2.09. The molecule has 2 aromatic rings. The van der Waals surface area contributed by atoms with E-state index in [0.29, 0.717) is 23.7 Å². The van der Waals surface area contributed by atoms with E-state index < -0.39 is 0 Å². The van der Waals surface area contributed by atoms with E-state index in [-0.39, 0.29) is 11.9 Å². The average molecular weight is 332 g/mol. The number of hydrogen-bond donors (Lipinski definition) is 3. The molecule has 0 aliphatic carbocycles. The third kappa shape index (κ3) is 5.27. The third-order valence-corrected chi connectivity index (χ3v) is 3.84. The Balaban J connectivity index is 2.00. The fourth-order valence-electron chi connectivity index (χ4n) is 2.23. The Labute approximate surface area is 142 Å². The van der Waals surface area contributed by atoms with Crippen molar-refractivity contribution in [1.82, 2.24) is 5.32 Å². The van der Waals surface area contributed by atoms with Crippen molar-refractivity contribution in [2.75, 3.05) is 24.2 Å². The average Bonchev–Trinajstić information content (AvgIpc) is 2.56. The van der Waals surface area contributed by atoms with Crippen LogP contribution in [0.5, 0.6) is 0 Å². The molecule has 0 aromatic heterocycles. The van der Waals surface area contributed by atoms with Crippen LogP contribution in [0.3, 0.4) is 0 Å². The summed E-state index contributed by atoms with van der Waals surface area (Å²) in [6.07, 6.45) is 0.430. The molecule has 2 aromatic carbocycles. The summed E-state index contributed by atoms with van der Waals surface area (Å²) in [5, 5.41) is 9.75. The summed E-state index contributed by atoms with van der Waals surface area (Å²) < 4.78 is 0. The first kappa shape index (κ1) is 17.3. The summed E-state index contributed by atoms with van der Waals surface area (Å²) in [6.45, 7) is 2.73. The molecule has 0 saturated heterocycles. The second-order valence-electron chi connectivity index (χ2n) is 5.37. The number of amides is 1. The number of carbonyl (C=O) groups excluding carboxylic acids is 1. The lowest BCUT2D eigenvalue weighted by Crippen LogP contribution is -2.18. The molecule has 0 heterocycles. The summed E-state index contributed by atoms with van der Waals surface area (Å²) in [6, 6.07) is 15.8. The Morgan fingerprint density at radius 3 is 2.57 bits per heavy atom. The lowest BCUT2D eigenvalue weighted by Gasteiger charge is -2.17. The highest BCUT2D eigenvalue weighted by atomic mass is 35.5. The largest absolute Gasteiger partial charge is 0.377 e. The molecule has 1 atom stereocenters. The van der Waals surface area contributed by atoms with E-state index in [0.717, 1.165) is 5.69 Å². The van der Waals surface area contributed by atoms with Crippen LogP contribution >= 0.6 is 11.6 Å². The lowest BCUT2D eigenvalue weighted by atomic mass is 10.1. The third-order valence-electron chi connectivity index (χ3n) is 3.53. The molecular weight excluding hydrogens is 310 g/mol. The SMILES string of the molecule is CNCCC(=O)Nc1ccc(NC(C)c2ccccc2)c(Cl)c1. The molecule has 1 unspecified atom stereocenters. The zero-order chi connectivity index (χ0) is 16.7. The maximum Gasteiger partial charge on any atom is 0.225 e. The molecule has 0 saturated carbocycles. The summed E-state index contributed by atoms with van der Waals surface area (Å²) in [4.78, 5) is 11.7. The number of hydrogen-bond acceptors (Lipinski definition) is 3. The van der Waals surface area contributed by atoms with Crippen LogP contribution in [0.4, 0.5) is 11.4 Å². The number of anilines is 2. The fourth-order valence-corrected chi connectivity index (χ4v) is 2.47. The smallest absolute Gasteiger partial charge is 0.225 e. The van der Waals surface area contributed by atoms with Gasteiger partial charge in [0.25, 0.3) is 0 Å². The Bertz CT molecular complexity index is 646. The predicted molar refractivity (Wildman–Crippen MR) is 97.1 cm³/mol. The van der Waals surface area contributed by atoms with Crippen molar-refractivity contribution in [1.29, 1.82) is 0 Å². The molecule has 3 N–H and O–H groups in total. The molecule has 1 amide bonds. The van der Waals surface area contributed by atoms with Gasteiger partial charge in [0.05, 0.1) is 10.7 Å². The summed E-state index contributed by atoms with van der Waals surface area (Å²) in [7, 11) is 1.82. The molecule has 2 rings (SSSR count). The van der Waals surface area contributed by atoms with Crippen LogP contribution in [0.2, 0.25) is 5.02 Å². The van der Waals surface area contributed by atoms with Crippen molar-refractivity contribution < 1.29 is 4.79 Å². The van der Waals surface area contributed by atoms with E-state index in [1.165, 1.54) is 5.56 Å². The minimum absolute atomic E-state index is 0.0335. The normalized spacial score (nSPS) is 11.8. The molecule has 0 bridgehead atoms. The molecule has 0 fully saturated rings. The Hall–Kier alpha value is -2.04. The first-order valence-electron chi connectivity index (χ1n) is 7.65. The fraction of sp³-hybridized carbons (Fsp3) is 0.278. The standard InChI is InChI=1S/C18H22ClN3O/c1-13(14-6-4-3-5-7-14)21-17-9-8-15(12-16(17)19)22-18(23)10-11-20-2/h3-9,12-13,20-21H,10-11H2,1-2H3,(H,22,23). The first-order chi connectivity index (χ1) is 11.1. The van der Waals surface area contributed by atoms with Crippen LogP contribution in [0.25, 0.3) is 0 Å². The van der Waals surface area contributed by atoms with Crippen molar-refractivity contribution in [3.8, 4) is 0 Å². The van der Waals surface area contributed by atoms with Crippen molar-refractivity contribution >= 4 is 28.9 Å². The lowest BCUT2D eigenvalue weighted by molar-refractivity contribution is -0.116. The van der Waals surface area contributed by atoms with Crippen molar-refractivity contribution in [2.45, 2.75) is 19.4 Å². The van der Waals surface area contributed by atoms with Crippen LogP contribution in [0.1, 0.15) is 24.9 Å². The van der Waals surface area contributed by atoms with Gasteiger partial charge >= 0.3 is 0 Å². The Kier molecular flexibility index (Phi) is 6.44. The van der Waals surface area contributed by atoms with Gasteiger partial charge < -0.3 is 16.0 Å². The van der Waals surface area contributed by atoms with Gasteiger partial charge in [-0.1, -0.05) is 41.9 Å². The molecule has 0 aliphatic heterocycles. The molecule has 0 spiro atoms. The van der Waals surface area contributed by atoms with Crippen LogP contribution in [0.15, 0.2) is 48.5 Å². The highest BCUT2D eigenvalue weighted by Crippen LogP contribution is 2.29. The van der Waals surface area contributed by atoms with Crippen molar-refractivity contribution in [2.24, 2.45) is 0 Å². The molecule has 0 radical (unpaired) electrons. The zero-order valence-corrected chi connectivity index (χ0v) is 14.2. The number of carbonyl (C=O) groups is 1. The van der Waals surface area contributed by atoms with Gasteiger partial charge in [0.15, 0.2) is 0 Å². The van der Waals surface area contributed by atoms with Crippen LogP contribution in [-0.4, -0.2) is 19.5 Å². The van der Waals surface area contributed by atoms with Gasteiger partial charge in [0.2, 0.25) is 5.91 Å². The van der Waals surface area contributed by atoms with Crippen LogP contribution in [0, 0.1) is 0 Å². The summed E-state index contributed by atoms with van der Waals surface area (Å²) in [5.41, 5.74) is 2.73. The predicted octanol–water partition coefficient (Wildman–Crippen LogP) is 4.06. The monoisotopic (exact) mass is 331 g/mol. The van der Waals surface area contributed by atoms with Gasteiger partial charge in [-0.05, 0) is 37.7 Å². The van der Waals surface area contributed by atoms with Gasteiger partial charge in [-0.2, -0.15) is 0 Å². The van der Waals surface area contributed by atoms with Gasteiger partial charge in [-0.15, -0.1) is 0 Å². The molecule has 5 heteroatoms. The van der Waals surface area contributed by atoms with Crippen LogP contribution in [-0.2, 0) is 4.79 Å². The maximum atomic E-state index is 11.7. The minimum Gasteiger partial charge on any atom is -0.377 e. The summed E-state index contributed by atoms with van der Waals surface area (Å²) in [5.74, 6) is -0.0335. The van der Waals surface area contributed by atoms with Crippen molar-refractivity contribution in [3.63, 3.8) is 0 Å². The van der Waals surface area contributed by atoms with Gasteiger partial charge in [0.1, 0.15) is 0 Å². The zero-order valence-electron chi connectivity index (χ0n) is 13.4. The molecule has 4 nitrogen and oxygen atoms in total. The maximum absolute atomic E-state index is 11.7. The van der Waals surface area contributed by atoms with E-state index in [1.54, 1.807) is 6.07 Å². The number of benzene rings is 2. The molecule has 23 heavy (non-hydrogen) atoms. The number of rotatable bonds is 7. The van der Waals surface area contributed by atoms with Crippen molar-refractivity contribution in [3.05, 3.63) is 59.1 Å². The Morgan fingerprint density at radius 2 is 1.91 bits per heavy atom. The van der Waals surface area contributed by atoms with Gasteiger partial charge in [-0.25, -0.2) is 0 Å². The number of nitrogens with one attached hydrogen (secondary N) is 3. The second kappa shape index (κ2) is 8.56. The number of halogens is 1. The highest BCUT2D eigenvalue weighted by molar-refractivity contribution is 6.33. The van der Waals surface area contributed by atoms with E-state index in [4.69, 9.17) is 11.6 Å².